The Kier molecular flexibility index (Phi) is 4.12. The van der Waals surface area contributed by atoms with E-state index in [1.165, 1.54) is 44.9 Å². The van der Waals surface area contributed by atoms with E-state index in [9.17, 15) is 4.79 Å². The van der Waals surface area contributed by atoms with Crippen LogP contribution in [0, 0.1) is 34.5 Å². The smallest absolute Gasteiger partial charge is 0.146 e. The Bertz CT molecular complexity index is 570. The van der Waals surface area contributed by atoms with Gasteiger partial charge in [-0.25, -0.2) is 0 Å². The number of ketones is 1. The first-order chi connectivity index (χ1) is 11.4. The maximum atomic E-state index is 12.2. The van der Waals surface area contributed by atoms with Gasteiger partial charge in [0.05, 0.1) is 0 Å². The van der Waals surface area contributed by atoms with Crippen LogP contribution >= 0.6 is 0 Å². The zero-order valence-corrected chi connectivity index (χ0v) is 17.9. The summed E-state index contributed by atoms with van der Waals surface area (Å²) in [5.74, 6) is 3.20. The Morgan fingerprint density at radius 3 is 2.67 bits per heavy atom. The number of fused-ring (bicyclic) bond motifs is 5. The summed E-state index contributed by atoms with van der Waals surface area (Å²) in [7, 11) is 0.866. The lowest BCUT2D eigenvalue weighted by atomic mass is 9.47. The summed E-state index contributed by atoms with van der Waals surface area (Å²) < 4.78 is 5.81. The molecular weight excluding hydrogens is 312 g/mol. The molecule has 0 saturated heterocycles. The summed E-state index contributed by atoms with van der Waals surface area (Å²) in [5, 5.41) is 0. The molecule has 0 aromatic heterocycles. The van der Waals surface area contributed by atoms with E-state index in [1.807, 2.05) is 6.92 Å². The number of allylic oxidation sites excluding steroid dienone is 1. The van der Waals surface area contributed by atoms with Crippen LogP contribution < -0.4 is 0 Å². The minimum Gasteiger partial charge on any atom is -0.425 e. The number of carbonyl (C=O) groups is 1. The summed E-state index contributed by atoms with van der Waals surface area (Å²) >= 11 is 0. The van der Waals surface area contributed by atoms with Crippen molar-refractivity contribution in [3.05, 3.63) is 11.6 Å². The van der Waals surface area contributed by atoms with E-state index in [1.54, 1.807) is 5.57 Å². The standard InChI is InChI=1S/C21H34O2Si/c1-13(22)17-6-7-18-16-5-4-14-12-15(23-24)8-10-20(14,2)19(16)9-11-21(17,18)3/h4,15-19H,5-12H2,1-3,24H3. The van der Waals surface area contributed by atoms with E-state index in [-0.39, 0.29) is 5.41 Å². The Hall–Kier alpha value is -0.413. The van der Waals surface area contributed by atoms with Gasteiger partial charge in [-0.2, -0.15) is 0 Å². The summed E-state index contributed by atoms with van der Waals surface area (Å²) in [6.07, 6.45) is 13.1. The molecule has 7 unspecified atom stereocenters. The fourth-order valence-corrected chi connectivity index (χ4v) is 7.90. The van der Waals surface area contributed by atoms with Gasteiger partial charge < -0.3 is 4.43 Å². The van der Waals surface area contributed by atoms with E-state index in [4.69, 9.17) is 4.43 Å². The van der Waals surface area contributed by atoms with Gasteiger partial charge in [-0.05, 0) is 86.9 Å². The van der Waals surface area contributed by atoms with Crippen molar-refractivity contribution in [2.45, 2.75) is 78.2 Å². The SMILES string of the molecule is CC(=O)C1CCC2C3CC=C4CC(O[SiH3])CCC4(C)C3CCC12C. The molecule has 0 aliphatic heterocycles. The van der Waals surface area contributed by atoms with Crippen LogP contribution in [0.4, 0.5) is 0 Å². The topological polar surface area (TPSA) is 26.3 Å². The Morgan fingerprint density at radius 1 is 1.17 bits per heavy atom. The van der Waals surface area contributed by atoms with Crippen LogP contribution in [0.2, 0.25) is 0 Å². The second kappa shape index (κ2) is 5.80. The normalized spacial score (nSPS) is 50.6. The molecular formula is C21H34O2Si. The predicted molar refractivity (Wildman–Crippen MR) is 101 cm³/mol. The highest BCUT2D eigenvalue weighted by atomic mass is 28.2. The van der Waals surface area contributed by atoms with E-state index in [2.05, 4.69) is 19.9 Å². The van der Waals surface area contributed by atoms with Gasteiger partial charge in [-0.1, -0.05) is 25.5 Å². The van der Waals surface area contributed by atoms with Crippen molar-refractivity contribution in [2.24, 2.45) is 34.5 Å². The molecule has 3 saturated carbocycles. The number of rotatable bonds is 2. The summed E-state index contributed by atoms with van der Waals surface area (Å²) in [6, 6.07) is 0. The third-order valence-corrected chi connectivity index (χ3v) is 9.55. The van der Waals surface area contributed by atoms with Gasteiger partial charge in [0.1, 0.15) is 16.3 Å². The molecule has 24 heavy (non-hydrogen) atoms. The fraction of sp³-hybridized carbons (Fsp3) is 0.857. The quantitative estimate of drug-likeness (QED) is 0.561. The molecule has 3 heteroatoms. The molecule has 0 radical (unpaired) electrons. The zero-order valence-electron chi connectivity index (χ0n) is 15.9. The van der Waals surface area contributed by atoms with Crippen molar-refractivity contribution < 1.29 is 9.22 Å². The number of hydrogen-bond acceptors (Lipinski definition) is 2. The average Bonchev–Trinajstić information content (AvgIpc) is 2.91. The monoisotopic (exact) mass is 346 g/mol. The largest absolute Gasteiger partial charge is 0.425 e. The molecule has 4 aliphatic carbocycles. The lowest BCUT2D eigenvalue weighted by Gasteiger charge is -2.58. The summed E-state index contributed by atoms with van der Waals surface area (Å²) in [5.41, 5.74) is 2.40. The molecule has 0 aromatic carbocycles. The minimum atomic E-state index is 0.282. The van der Waals surface area contributed by atoms with Gasteiger partial charge in [-0.15, -0.1) is 0 Å². The lowest BCUT2D eigenvalue weighted by Crippen LogP contribution is -2.51. The highest BCUT2D eigenvalue weighted by molar-refractivity contribution is 5.98. The second-order valence-corrected chi connectivity index (χ2v) is 10.1. The molecule has 2 nitrogen and oxygen atoms in total. The van der Waals surface area contributed by atoms with Crippen LogP contribution in [0.1, 0.15) is 72.1 Å². The summed E-state index contributed by atoms with van der Waals surface area (Å²) in [4.78, 5) is 12.2. The van der Waals surface area contributed by atoms with Crippen molar-refractivity contribution in [2.75, 3.05) is 0 Å². The second-order valence-electron chi connectivity index (χ2n) is 9.64. The van der Waals surface area contributed by atoms with E-state index >= 15 is 0 Å². The highest BCUT2D eigenvalue weighted by Crippen LogP contribution is 2.66. The molecule has 0 aromatic rings. The van der Waals surface area contributed by atoms with Gasteiger partial charge in [0.15, 0.2) is 0 Å². The van der Waals surface area contributed by atoms with Crippen molar-refractivity contribution >= 4 is 16.3 Å². The number of Topliss-reactive ketones (excluding diaryl/α,β-unsaturated/α-hetero) is 1. The van der Waals surface area contributed by atoms with Gasteiger partial charge in [0.2, 0.25) is 0 Å². The predicted octanol–water partition coefficient (Wildman–Crippen LogP) is 3.82. The van der Waals surface area contributed by atoms with Crippen LogP contribution in [0.3, 0.4) is 0 Å². The molecule has 0 spiro atoms. The van der Waals surface area contributed by atoms with Gasteiger partial charge in [0.25, 0.3) is 0 Å². The van der Waals surface area contributed by atoms with Gasteiger partial charge in [-0.3, -0.25) is 4.79 Å². The third-order valence-electron chi connectivity index (χ3n) is 8.88. The van der Waals surface area contributed by atoms with E-state index < -0.39 is 0 Å². The van der Waals surface area contributed by atoms with E-state index in [0.717, 1.165) is 34.7 Å². The third kappa shape index (κ3) is 2.26. The molecule has 0 bridgehead atoms. The van der Waals surface area contributed by atoms with E-state index in [0.29, 0.717) is 23.2 Å². The summed E-state index contributed by atoms with van der Waals surface area (Å²) in [6.45, 7) is 6.83. The molecule has 134 valence electrons. The molecule has 4 aliphatic rings. The first-order valence-electron chi connectivity index (χ1n) is 10.1. The molecule has 7 atom stereocenters. The molecule has 3 fully saturated rings. The Balaban J connectivity index is 1.63. The first kappa shape index (κ1) is 17.0. The lowest BCUT2D eigenvalue weighted by molar-refractivity contribution is -0.127. The van der Waals surface area contributed by atoms with Crippen LogP contribution in [0.5, 0.6) is 0 Å². The van der Waals surface area contributed by atoms with Crippen molar-refractivity contribution in [1.82, 2.24) is 0 Å². The average molecular weight is 347 g/mol. The van der Waals surface area contributed by atoms with Crippen LogP contribution in [-0.4, -0.2) is 22.4 Å². The maximum Gasteiger partial charge on any atom is 0.146 e. The van der Waals surface area contributed by atoms with Gasteiger partial charge >= 0.3 is 0 Å². The minimum absolute atomic E-state index is 0.282. The van der Waals surface area contributed by atoms with Crippen molar-refractivity contribution in [3.63, 3.8) is 0 Å². The zero-order chi connectivity index (χ0) is 17.1. The van der Waals surface area contributed by atoms with Crippen LogP contribution in [0.15, 0.2) is 11.6 Å². The molecule has 0 heterocycles. The van der Waals surface area contributed by atoms with Crippen LogP contribution in [-0.2, 0) is 9.22 Å². The Labute approximate surface area is 150 Å². The van der Waals surface area contributed by atoms with Gasteiger partial charge in [0, 0.05) is 12.0 Å². The molecule has 0 amide bonds. The fourth-order valence-electron chi connectivity index (χ4n) is 7.50. The first-order valence-corrected chi connectivity index (χ1v) is 10.9. The van der Waals surface area contributed by atoms with Crippen molar-refractivity contribution in [1.29, 1.82) is 0 Å². The highest BCUT2D eigenvalue weighted by Gasteiger charge is 2.59. The number of carbonyl (C=O) groups excluding carboxylic acids is 1. The number of hydrogen-bond donors (Lipinski definition) is 0. The van der Waals surface area contributed by atoms with Crippen LogP contribution in [0.25, 0.3) is 0 Å². The molecule has 0 N–H and O–H groups in total. The molecule has 4 rings (SSSR count). The Morgan fingerprint density at radius 2 is 1.96 bits per heavy atom. The van der Waals surface area contributed by atoms with Crippen molar-refractivity contribution in [3.8, 4) is 0 Å². The maximum absolute atomic E-state index is 12.2.